The topological polar surface area (TPSA) is 83.6 Å². The molecule has 2 amide bonds. The maximum Gasteiger partial charge on any atom is 0.238 e. The monoisotopic (exact) mass is 302 g/mol. The van der Waals surface area contributed by atoms with E-state index in [2.05, 4.69) is 4.72 Å². The van der Waals surface area contributed by atoms with E-state index in [4.69, 9.17) is 0 Å². The normalized spacial score (nSPS) is 23.8. The summed E-state index contributed by atoms with van der Waals surface area (Å²) in [5.41, 5.74) is 0. The van der Waals surface area contributed by atoms with Crippen LogP contribution in [-0.4, -0.2) is 43.5 Å². The first kappa shape index (κ1) is 15.3. The van der Waals surface area contributed by atoms with Crippen LogP contribution >= 0.6 is 0 Å². The Morgan fingerprint density at radius 3 is 2.35 bits per heavy atom. The van der Waals surface area contributed by atoms with Gasteiger partial charge in [0.1, 0.15) is 0 Å². The van der Waals surface area contributed by atoms with Crippen molar-refractivity contribution >= 4 is 21.8 Å². The van der Waals surface area contributed by atoms with Crippen LogP contribution in [0.3, 0.4) is 0 Å². The predicted octanol–water partition coefficient (Wildman–Crippen LogP) is 0.489. The van der Waals surface area contributed by atoms with Crippen LogP contribution in [-0.2, 0) is 19.6 Å². The number of nitrogens with one attached hydrogen (secondary N) is 1. The average molecular weight is 302 g/mol. The molecule has 6 nitrogen and oxygen atoms in total. The third-order valence-corrected chi connectivity index (χ3v) is 5.62. The van der Waals surface area contributed by atoms with Crippen LogP contribution in [0.2, 0.25) is 0 Å². The minimum absolute atomic E-state index is 0.120. The molecule has 20 heavy (non-hydrogen) atoms. The lowest BCUT2D eigenvalue weighted by atomic mass is 9.97. The van der Waals surface area contributed by atoms with Gasteiger partial charge in [-0.2, -0.15) is 0 Å². The molecule has 1 saturated carbocycles. The number of rotatable bonds is 4. The Bertz CT molecular complexity index is 497. The molecule has 2 aliphatic rings. The quantitative estimate of drug-likeness (QED) is 0.819. The minimum Gasteiger partial charge on any atom is -0.342 e. The summed E-state index contributed by atoms with van der Waals surface area (Å²) in [5.74, 6) is -0.641. The highest BCUT2D eigenvalue weighted by Crippen LogP contribution is 2.32. The molecule has 0 spiro atoms. The second-order valence-electron chi connectivity index (χ2n) is 5.96. The molecule has 7 heteroatoms. The van der Waals surface area contributed by atoms with Gasteiger partial charge in [0.2, 0.25) is 21.8 Å². The van der Waals surface area contributed by atoms with E-state index in [0.29, 0.717) is 19.5 Å². The van der Waals surface area contributed by atoms with E-state index in [0.717, 1.165) is 19.3 Å². The van der Waals surface area contributed by atoms with Gasteiger partial charge in [-0.15, -0.1) is 0 Å². The molecular formula is C13H22N2O4S. The summed E-state index contributed by atoms with van der Waals surface area (Å²) in [6.45, 7) is 4.07. The van der Waals surface area contributed by atoms with Crippen LogP contribution in [0.15, 0.2) is 0 Å². The van der Waals surface area contributed by atoms with Gasteiger partial charge in [0, 0.05) is 19.0 Å². The first-order chi connectivity index (χ1) is 9.31. The Morgan fingerprint density at radius 1 is 1.15 bits per heavy atom. The number of hydrogen-bond donors (Lipinski definition) is 1. The zero-order valence-corrected chi connectivity index (χ0v) is 12.8. The van der Waals surface area contributed by atoms with E-state index >= 15 is 0 Å². The highest BCUT2D eigenvalue weighted by molar-refractivity contribution is 7.90. The van der Waals surface area contributed by atoms with Crippen molar-refractivity contribution in [3.8, 4) is 0 Å². The molecule has 114 valence electrons. The smallest absolute Gasteiger partial charge is 0.238 e. The highest BCUT2D eigenvalue weighted by Gasteiger charge is 2.37. The largest absolute Gasteiger partial charge is 0.342 e. The first-order valence-electron chi connectivity index (χ1n) is 7.15. The standard InChI is InChI=1S/C13H22N2O4S/c1-9(2)20(18,19)14-12(16)11-4-3-7-15(8-11)13(17)10-5-6-10/h9-11H,3-8H2,1-2H3,(H,14,16)/t11-/m0/s1. The molecule has 1 aliphatic heterocycles. The Labute approximate surface area is 120 Å². The summed E-state index contributed by atoms with van der Waals surface area (Å²) in [4.78, 5) is 25.8. The predicted molar refractivity (Wildman–Crippen MR) is 74.2 cm³/mol. The molecule has 0 unspecified atom stereocenters. The summed E-state index contributed by atoms with van der Waals surface area (Å²) in [6.07, 6.45) is 3.26. The second-order valence-corrected chi connectivity index (χ2v) is 8.19. The van der Waals surface area contributed by atoms with Crippen LogP contribution in [0.1, 0.15) is 39.5 Å². The van der Waals surface area contributed by atoms with Crippen LogP contribution in [0, 0.1) is 11.8 Å². The summed E-state index contributed by atoms with van der Waals surface area (Å²) < 4.78 is 25.5. The maximum absolute atomic E-state index is 12.0. The molecule has 2 rings (SSSR count). The lowest BCUT2D eigenvalue weighted by molar-refractivity contribution is -0.136. The average Bonchev–Trinajstić information content (AvgIpc) is 3.21. The van der Waals surface area contributed by atoms with Gasteiger partial charge < -0.3 is 4.90 Å². The van der Waals surface area contributed by atoms with Crippen molar-refractivity contribution in [1.82, 2.24) is 9.62 Å². The summed E-state index contributed by atoms with van der Waals surface area (Å²) in [6, 6.07) is 0. The maximum atomic E-state index is 12.0. The highest BCUT2D eigenvalue weighted by atomic mass is 32.2. The van der Waals surface area contributed by atoms with Crippen molar-refractivity contribution in [2.45, 2.75) is 44.8 Å². The molecule has 0 radical (unpaired) electrons. The molecule has 1 N–H and O–H groups in total. The van der Waals surface area contributed by atoms with Gasteiger partial charge >= 0.3 is 0 Å². The molecule has 0 aromatic carbocycles. The fourth-order valence-electron chi connectivity index (χ4n) is 2.32. The van der Waals surface area contributed by atoms with Gasteiger partial charge in [-0.25, -0.2) is 8.42 Å². The number of carbonyl (C=O) groups is 2. The van der Waals surface area contributed by atoms with Crippen LogP contribution in [0.25, 0.3) is 0 Å². The van der Waals surface area contributed by atoms with Gasteiger partial charge in [0.05, 0.1) is 11.2 Å². The third-order valence-electron chi connectivity index (χ3n) is 3.89. The Hall–Kier alpha value is -1.11. The van der Waals surface area contributed by atoms with E-state index in [1.165, 1.54) is 13.8 Å². The summed E-state index contributed by atoms with van der Waals surface area (Å²) >= 11 is 0. The Morgan fingerprint density at radius 2 is 1.80 bits per heavy atom. The van der Waals surface area contributed by atoms with Crippen molar-refractivity contribution in [1.29, 1.82) is 0 Å². The molecule has 0 aromatic rings. The molecule has 1 saturated heterocycles. The molecule has 1 aliphatic carbocycles. The van der Waals surface area contributed by atoms with Crippen LogP contribution in [0.5, 0.6) is 0 Å². The van der Waals surface area contributed by atoms with Gasteiger partial charge in [-0.1, -0.05) is 0 Å². The van der Waals surface area contributed by atoms with Crippen molar-refractivity contribution < 1.29 is 18.0 Å². The second kappa shape index (κ2) is 5.71. The van der Waals surface area contributed by atoms with Gasteiger partial charge in [-0.3, -0.25) is 14.3 Å². The molecule has 1 heterocycles. The molecule has 1 atom stereocenters. The molecule has 0 aromatic heterocycles. The number of likely N-dealkylation sites (tertiary alicyclic amines) is 1. The van der Waals surface area contributed by atoms with Crippen molar-refractivity contribution in [2.24, 2.45) is 11.8 Å². The van der Waals surface area contributed by atoms with E-state index in [9.17, 15) is 18.0 Å². The zero-order chi connectivity index (χ0) is 14.9. The van der Waals surface area contributed by atoms with E-state index in [1.807, 2.05) is 0 Å². The van der Waals surface area contributed by atoms with Gasteiger partial charge in [0.25, 0.3) is 0 Å². The number of carbonyl (C=O) groups excluding carboxylic acids is 2. The number of sulfonamides is 1. The Balaban J connectivity index is 1.94. The lowest BCUT2D eigenvalue weighted by Crippen LogP contribution is -2.48. The van der Waals surface area contributed by atoms with Gasteiger partial charge in [0.15, 0.2) is 0 Å². The number of hydrogen-bond acceptors (Lipinski definition) is 4. The Kier molecular flexibility index (Phi) is 4.36. The first-order valence-corrected chi connectivity index (χ1v) is 8.70. The van der Waals surface area contributed by atoms with Crippen molar-refractivity contribution in [3.63, 3.8) is 0 Å². The molecule has 2 fully saturated rings. The molecule has 0 bridgehead atoms. The minimum atomic E-state index is -3.59. The van der Waals surface area contributed by atoms with E-state index in [1.54, 1.807) is 4.90 Å². The summed E-state index contributed by atoms with van der Waals surface area (Å²) in [7, 11) is -3.59. The third kappa shape index (κ3) is 3.50. The number of nitrogens with zero attached hydrogens (tertiary/aromatic N) is 1. The van der Waals surface area contributed by atoms with E-state index < -0.39 is 27.1 Å². The van der Waals surface area contributed by atoms with Crippen molar-refractivity contribution in [3.05, 3.63) is 0 Å². The fraction of sp³-hybridized carbons (Fsp3) is 0.846. The number of amides is 2. The fourth-order valence-corrected chi connectivity index (χ4v) is 3.00. The van der Waals surface area contributed by atoms with E-state index in [-0.39, 0.29) is 11.8 Å². The van der Waals surface area contributed by atoms with Crippen LogP contribution in [0.4, 0.5) is 0 Å². The number of piperidine rings is 1. The SMILES string of the molecule is CC(C)S(=O)(=O)NC(=O)[C@H]1CCCN(C(=O)C2CC2)C1. The lowest BCUT2D eigenvalue weighted by Gasteiger charge is -2.32. The van der Waals surface area contributed by atoms with Crippen molar-refractivity contribution in [2.75, 3.05) is 13.1 Å². The van der Waals surface area contributed by atoms with Crippen LogP contribution < -0.4 is 4.72 Å². The zero-order valence-electron chi connectivity index (χ0n) is 12.0. The molecular weight excluding hydrogens is 280 g/mol. The summed E-state index contributed by atoms with van der Waals surface area (Å²) in [5, 5.41) is -0.640. The van der Waals surface area contributed by atoms with Gasteiger partial charge in [-0.05, 0) is 39.5 Å².